The average Bonchev–Trinajstić information content (AvgIpc) is 2.97. The lowest BCUT2D eigenvalue weighted by atomic mass is 10.1. The van der Waals surface area contributed by atoms with Crippen LogP contribution in [-0.2, 0) is 6.42 Å². The van der Waals surface area contributed by atoms with Crippen molar-refractivity contribution in [1.29, 1.82) is 0 Å². The predicted octanol–water partition coefficient (Wildman–Crippen LogP) is 6.24. The SMILES string of the molecule is Cc1ccc(Oc2ccc(OC3CCN(C(=O)Oc4ccc(CCOc5ccccn5)cc4)CC3)cc2)nc1. The standard InChI is InChI=1S/C31H31N3O5/c1-23-5-14-30(33-22-23)38-26-12-10-25(11-13-26)37-28-15-19-34(20-16-28)31(35)39-27-8-6-24(7-9-27)17-21-36-29-4-2-3-18-32-29/h2-14,18,22,28H,15-17,19-21H2,1H3. The van der Waals surface area contributed by atoms with E-state index < -0.39 is 0 Å². The molecule has 1 saturated heterocycles. The number of pyridine rings is 2. The molecule has 1 amide bonds. The summed E-state index contributed by atoms with van der Waals surface area (Å²) in [6, 6.07) is 24.4. The van der Waals surface area contributed by atoms with Crippen molar-refractivity contribution in [1.82, 2.24) is 14.9 Å². The molecule has 8 nitrogen and oxygen atoms in total. The second kappa shape index (κ2) is 12.8. The van der Waals surface area contributed by atoms with Crippen LogP contribution >= 0.6 is 0 Å². The summed E-state index contributed by atoms with van der Waals surface area (Å²) in [5, 5.41) is 0. The number of aromatic nitrogens is 2. The fourth-order valence-electron chi connectivity index (χ4n) is 4.17. The van der Waals surface area contributed by atoms with Crippen LogP contribution in [0.15, 0.2) is 91.3 Å². The molecule has 3 heterocycles. The topological polar surface area (TPSA) is 83.0 Å². The number of carbonyl (C=O) groups is 1. The number of piperidine rings is 1. The Kier molecular flexibility index (Phi) is 8.53. The number of ether oxygens (including phenoxy) is 4. The Morgan fingerprint density at radius 2 is 1.59 bits per heavy atom. The van der Waals surface area contributed by atoms with Gasteiger partial charge in [0.15, 0.2) is 0 Å². The fraction of sp³-hybridized carbons (Fsp3) is 0.258. The molecule has 0 radical (unpaired) electrons. The van der Waals surface area contributed by atoms with Gasteiger partial charge in [0.05, 0.1) is 6.61 Å². The number of rotatable bonds is 9. The third kappa shape index (κ3) is 7.70. The predicted molar refractivity (Wildman–Crippen MR) is 147 cm³/mol. The van der Waals surface area contributed by atoms with Crippen LogP contribution in [0.1, 0.15) is 24.0 Å². The second-order valence-corrected chi connectivity index (χ2v) is 9.33. The lowest BCUT2D eigenvalue weighted by Gasteiger charge is -2.31. The highest BCUT2D eigenvalue weighted by atomic mass is 16.6. The molecule has 8 heteroatoms. The summed E-state index contributed by atoms with van der Waals surface area (Å²) in [4.78, 5) is 22.8. The minimum Gasteiger partial charge on any atom is -0.490 e. The summed E-state index contributed by atoms with van der Waals surface area (Å²) in [6.07, 6.45) is 5.37. The number of likely N-dealkylation sites (tertiary alicyclic amines) is 1. The largest absolute Gasteiger partial charge is 0.490 e. The van der Waals surface area contributed by atoms with E-state index >= 15 is 0 Å². The summed E-state index contributed by atoms with van der Waals surface area (Å²) < 4.78 is 23.1. The van der Waals surface area contributed by atoms with Crippen LogP contribution in [-0.4, -0.2) is 46.8 Å². The highest BCUT2D eigenvalue weighted by Gasteiger charge is 2.25. The first kappa shape index (κ1) is 26.0. The molecule has 1 aliphatic rings. The van der Waals surface area contributed by atoms with E-state index in [4.69, 9.17) is 18.9 Å². The summed E-state index contributed by atoms with van der Waals surface area (Å²) in [5.41, 5.74) is 2.18. The first-order chi connectivity index (χ1) is 19.1. The Morgan fingerprint density at radius 1 is 0.846 bits per heavy atom. The Morgan fingerprint density at radius 3 is 2.28 bits per heavy atom. The number of benzene rings is 2. The average molecular weight is 526 g/mol. The van der Waals surface area contributed by atoms with Crippen molar-refractivity contribution in [2.45, 2.75) is 32.3 Å². The zero-order valence-electron chi connectivity index (χ0n) is 21.9. The lowest BCUT2D eigenvalue weighted by molar-refractivity contribution is 0.0930. The van der Waals surface area contributed by atoms with Gasteiger partial charge in [-0.15, -0.1) is 0 Å². The first-order valence-electron chi connectivity index (χ1n) is 13.1. The first-order valence-corrected chi connectivity index (χ1v) is 13.1. The molecular formula is C31H31N3O5. The van der Waals surface area contributed by atoms with E-state index in [9.17, 15) is 4.79 Å². The van der Waals surface area contributed by atoms with Gasteiger partial charge < -0.3 is 23.8 Å². The van der Waals surface area contributed by atoms with Crippen molar-refractivity contribution in [3.8, 4) is 29.0 Å². The maximum atomic E-state index is 12.7. The summed E-state index contributed by atoms with van der Waals surface area (Å²) in [5.74, 6) is 3.15. The number of aryl methyl sites for hydroxylation is 1. The van der Waals surface area contributed by atoms with Gasteiger partial charge in [-0.3, -0.25) is 0 Å². The molecule has 2 aromatic heterocycles. The molecule has 39 heavy (non-hydrogen) atoms. The van der Waals surface area contributed by atoms with Crippen molar-refractivity contribution in [2.24, 2.45) is 0 Å². The Hall–Kier alpha value is -4.59. The highest BCUT2D eigenvalue weighted by Crippen LogP contribution is 2.25. The van der Waals surface area contributed by atoms with Gasteiger partial charge in [0.25, 0.3) is 0 Å². The monoisotopic (exact) mass is 525 g/mol. The highest BCUT2D eigenvalue weighted by molar-refractivity contribution is 5.70. The van der Waals surface area contributed by atoms with E-state index in [0.29, 0.717) is 43.0 Å². The molecule has 0 aliphatic carbocycles. The molecule has 2 aromatic carbocycles. The van der Waals surface area contributed by atoms with Gasteiger partial charge in [0.2, 0.25) is 11.8 Å². The van der Waals surface area contributed by atoms with Crippen molar-refractivity contribution in [3.63, 3.8) is 0 Å². The van der Waals surface area contributed by atoms with Gasteiger partial charge in [-0.05, 0) is 60.5 Å². The van der Waals surface area contributed by atoms with Crippen molar-refractivity contribution in [2.75, 3.05) is 19.7 Å². The molecule has 1 fully saturated rings. The molecule has 1 aliphatic heterocycles. The van der Waals surface area contributed by atoms with Gasteiger partial charge in [-0.2, -0.15) is 0 Å². The van der Waals surface area contributed by atoms with Crippen LogP contribution in [0, 0.1) is 6.92 Å². The molecule has 0 atom stereocenters. The Labute approximate surface area is 228 Å². The van der Waals surface area contributed by atoms with Gasteiger partial charge >= 0.3 is 6.09 Å². The van der Waals surface area contributed by atoms with Crippen LogP contribution in [0.3, 0.4) is 0 Å². The number of nitrogens with zero attached hydrogens (tertiary/aromatic N) is 3. The normalized spacial score (nSPS) is 13.5. The van der Waals surface area contributed by atoms with E-state index in [1.165, 1.54) is 0 Å². The number of hydrogen-bond donors (Lipinski definition) is 0. The molecule has 0 spiro atoms. The minimum atomic E-state index is -0.342. The van der Waals surface area contributed by atoms with E-state index in [0.717, 1.165) is 36.1 Å². The molecular weight excluding hydrogens is 494 g/mol. The van der Waals surface area contributed by atoms with Gasteiger partial charge in [-0.1, -0.05) is 24.3 Å². The van der Waals surface area contributed by atoms with E-state index in [-0.39, 0.29) is 12.2 Å². The maximum Gasteiger partial charge on any atom is 0.415 e. The van der Waals surface area contributed by atoms with E-state index in [1.807, 2.05) is 85.8 Å². The van der Waals surface area contributed by atoms with Gasteiger partial charge in [0, 0.05) is 56.9 Å². The summed E-state index contributed by atoms with van der Waals surface area (Å²) >= 11 is 0. The van der Waals surface area contributed by atoms with Crippen molar-refractivity contribution >= 4 is 6.09 Å². The number of hydrogen-bond acceptors (Lipinski definition) is 7. The molecule has 0 unspecified atom stereocenters. The van der Waals surface area contributed by atoms with Crippen LogP contribution in [0.25, 0.3) is 0 Å². The third-order valence-corrected chi connectivity index (χ3v) is 6.34. The van der Waals surface area contributed by atoms with Crippen LogP contribution in [0.5, 0.6) is 29.0 Å². The molecule has 0 saturated carbocycles. The van der Waals surface area contributed by atoms with Gasteiger partial charge in [0.1, 0.15) is 23.4 Å². The zero-order chi connectivity index (χ0) is 26.9. The molecule has 200 valence electrons. The smallest absolute Gasteiger partial charge is 0.415 e. The van der Waals surface area contributed by atoms with Crippen LogP contribution < -0.4 is 18.9 Å². The quantitative estimate of drug-likeness (QED) is 0.256. The summed E-state index contributed by atoms with van der Waals surface area (Å²) in [6.45, 7) is 3.66. The Bertz CT molecular complexity index is 1320. The van der Waals surface area contributed by atoms with Gasteiger partial charge in [-0.25, -0.2) is 14.8 Å². The van der Waals surface area contributed by atoms with Crippen LogP contribution in [0.2, 0.25) is 0 Å². The summed E-state index contributed by atoms with van der Waals surface area (Å²) in [7, 11) is 0. The number of carbonyl (C=O) groups excluding carboxylic acids is 1. The maximum absolute atomic E-state index is 12.7. The molecule has 0 N–H and O–H groups in total. The molecule has 5 rings (SSSR count). The molecule has 0 bridgehead atoms. The second-order valence-electron chi connectivity index (χ2n) is 9.33. The Balaban J connectivity index is 1.02. The fourth-order valence-corrected chi connectivity index (χ4v) is 4.17. The van der Waals surface area contributed by atoms with Crippen LogP contribution in [0.4, 0.5) is 4.79 Å². The zero-order valence-corrected chi connectivity index (χ0v) is 21.9. The lowest BCUT2D eigenvalue weighted by Crippen LogP contribution is -2.43. The third-order valence-electron chi connectivity index (χ3n) is 6.34. The van der Waals surface area contributed by atoms with E-state index in [2.05, 4.69) is 9.97 Å². The van der Waals surface area contributed by atoms with Crippen molar-refractivity contribution in [3.05, 3.63) is 102 Å². The van der Waals surface area contributed by atoms with E-state index in [1.54, 1.807) is 17.3 Å². The minimum absolute atomic E-state index is 0.0344. The molecule has 4 aromatic rings. The number of amides is 1. The van der Waals surface area contributed by atoms with Crippen molar-refractivity contribution < 1.29 is 23.7 Å².